The third kappa shape index (κ3) is 6.72. The Bertz CT molecular complexity index is 1440. The maximum Gasteiger partial charge on any atom is 0.341 e. The van der Waals surface area contributed by atoms with E-state index in [1.807, 2.05) is 18.2 Å². The number of carbonyl (C=O) groups excluding carboxylic acids is 4. The number of hydrogen-bond donors (Lipinski definition) is 3. The van der Waals surface area contributed by atoms with Gasteiger partial charge in [0.15, 0.2) is 5.78 Å². The highest BCUT2D eigenvalue weighted by Crippen LogP contribution is 2.30. The third-order valence-corrected chi connectivity index (χ3v) is 7.86. The first-order valence-electron chi connectivity index (χ1n) is 14.1. The lowest BCUT2D eigenvalue weighted by molar-refractivity contribution is -0.132. The number of aliphatic hydroxyl groups excluding tert-OH is 1. The fourth-order valence-electron chi connectivity index (χ4n) is 5.72. The third-order valence-electron chi connectivity index (χ3n) is 7.86. The van der Waals surface area contributed by atoms with Crippen LogP contribution in [0.3, 0.4) is 0 Å². The first kappa shape index (κ1) is 28.2. The van der Waals surface area contributed by atoms with Crippen LogP contribution in [0.2, 0.25) is 0 Å². The zero-order valence-electron chi connectivity index (χ0n) is 23.0. The smallest absolute Gasteiger partial charge is 0.341 e. The van der Waals surface area contributed by atoms with Gasteiger partial charge in [0.1, 0.15) is 6.04 Å². The number of ether oxygens (including phenoxy) is 1. The zero-order valence-corrected chi connectivity index (χ0v) is 23.0. The number of ketones is 1. The fourth-order valence-corrected chi connectivity index (χ4v) is 5.72. The van der Waals surface area contributed by atoms with Crippen molar-refractivity contribution < 1.29 is 29.0 Å². The molecule has 1 fully saturated rings. The highest BCUT2D eigenvalue weighted by Gasteiger charge is 2.33. The molecule has 4 atom stereocenters. The first-order chi connectivity index (χ1) is 19.8. The van der Waals surface area contributed by atoms with Crippen molar-refractivity contribution in [1.29, 1.82) is 0 Å². The highest BCUT2D eigenvalue weighted by molar-refractivity contribution is 5.95. The molecule has 5 rings (SSSR count). The number of amides is 2. The molecule has 4 unspecified atom stereocenters. The van der Waals surface area contributed by atoms with E-state index in [4.69, 9.17) is 4.74 Å². The van der Waals surface area contributed by atoms with Crippen molar-refractivity contribution in [2.24, 2.45) is 5.92 Å². The number of rotatable bonds is 8. The van der Waals surface area contributed by atoms with Gasteiger partial charge >= 0.3 is 5.97 Å². The minimum atomic E-state index is -1.36. The van der Waals surface area contributed by atoms with Gasteiger partial charge in [0.05, 0.1) is 11.6 Å². The molecule has 3 N–H and O–H groups in total. The van der Waals surface area contributed by atoms with Crippen LogP contribution in [0, 0.1) is 5.92 Å². The molecule has 1 aliphatic carbocycles. The number of esters is 1. The Balaban J connectivity index is 1.26. The lowest BCUT2D eigenvalue weighted by Crippen LogP contribution is -2.52. The predicted molar refractivity (Wildman–Crippen MR) is 153 cm³/mol. The number of nitrogens with one attached hydrogen (secondary N) is 2. The average molecular weight is 555 g/mol. The first-order valence-corrected chi connectivity index (χ1v) is 14.1. The second-order valence-electron chi connectivity index (χ2n) is 10.8. The van der Waals surface area contributed by atoms with E-state index in [0.717, 1.165) is 36.0 Å². The van der Waals surface area contributed by atoms with Crippen molar-refractivity contribution in [1.82, 2.24) is 10.6 Å². The molecule has 3 aromatic rings. The molecule has 212 valence electrons. The van der Waals surface area contributed by atoms with Gasteiger partial charge in [-0.25, -0.2) is 4.79 Å². The maximum absolute atomic E-state index is 13.6. The molecular weight excluding hydrogens is 520 g/mol. The van der Waals surface area contributed by atoms with Crippen molar-refractivity contribution in [3.8, 4) is 11.1 Å². The minimum absolute atomic E-state index is 0.0147. The van der Waals surface area contributed by atoms with Gasteiger partial charge in [-0.3, -0.25) is 14.4 Å². The number of hydrogen-bond acceptors (Lipinski definition) is 6. The Morgan fingerprint density at radius 2 is 1.61 bits per heavy atom. The van der Waals surface area contributed by atoms with Gasteiger partial charge in [-0.05, 0) is 53.6 Å². The van der Waals surface area contributed by atoms with E-state index in [2.05, 4.69) is 47.0 Å². The molecule has 8 heteroatoms. The molecular formula is C33H34N2O6. The van der Waals surface area contributed by atoms with Gasteiger partial charge in [0, 0.05) is 24.8 Å². The van der Waals surface area contributed by atoms with E-state index in [9.17, 15) is 24.3 Å². The zero-order chi connectivity index (χ0) is 28.9. The van der Waals surface area contributed by atoms with Crippen LogP contribution < -0.4 is 10.6 Å². The Morgan fingerprint density at radius 3 is 2.34 bits per heavy atom. The Kier molecular flexibility index (Phi) is 8.59. The van der Waals surface area contributed by atoms with Crippen molar-refractivity contribution in [3.63, 3.8) is 0 Å². The summed E-state index contributed by atoms with van der Waals surface area (Å²) in [6, 6.07) is 21.6. The van der Waals surface area contributed by atoms with E-state index in [-0.39, 0.29) is 29.6 Å². The van der Waals surface area contributed by atoms with Crippen molar-refractivity contribution in [2.75, 3.05) is 0 Å². The van der Waals surface area contributed by atoms with Crippen molar-refractivity contribution >= 4 is 23.6 Å². The molecule has 41 heavy (non-hydrogen) atoms. The maximum atomic E-state index is 13.6. The Labute approximate surface area is 239 Å². The summed E-state index contributed by atoms with van der Waals surface area (Å²) in [6.45, 7) is 1.33. The summed E-state index contributed by atoms with van der Waals surface area (Å²) >= 11 is 0. The monoisotopic (exact) mass is 554 g/mol. The molecule has 0 radical (unpaired) electrons. The Hall–Kier alpha value is -4.30. The van der Waals surface area contributed by atoms with Crippen LogP contribution >= 0.6 is 0 Å². The number of Topliss-reactive ketones (excluding diaryl/α,β-unsaturated/α-hetero) is 1. The van der Waals surface area contributed by atoms with Gasteiger partial charge in [0.2, 0.25) is 18.1 Å². The molecule has 0 aromatic heterocycles. The number of benzene rings is 3. The second kappa shape index (κ2) is 12.5. The van der Waals surface area contributed by atoms with Crippen molar-refractivity contribution in [3.05, 3.63) is 95.1 Å². The van der Waals surface area contributed by atoms with Gasteiger partial charge in [-0.1, -0.05) is 73.5 Å². The Morgan fingerprint density at radius 1 is 0.927 bits per heavy atom. The summed E-state index contributed by atoms with van der Waals surface area (Å²) in [6.07, 6.45) is 2.40. The summed E-state index contributed by atoms with van der Waals surface area (Å²) in [4.78, 5) is 50.8. The van der Waals surface area contributed by atoms with Crippen LogP contribution in [0.4, 0.5) is 0 Å². The largest absolute Gasteiger partial charge is 0.428 e. The summed E-state index contributed by atoms with van der Waals surface area (Å²) < 4.78 is 4.84. The van der Waals surface area contributed by atoms with Gasteiger partial charge in [0.25, 0.3) is 0 Å². The van der Waals surface area contributed by atoms with E-state index in [0.29, 0.717) is 24.0 Å². The van der Waals surface area contributed by atoms with Crippen LogP contribution in [-0.2, 0) is 32.0 Å². The van der Waals surface area contributed by atoms with Gasteiger partial charge < -0.3 is 20.5 Å². The van der Waals surface area contributed by atoms with Gasteiger partial charge in [-0.2, -0.15) is 0 Å². The van der Waals surface area contributed by atoms with Crippen LogP contribution in [0.15, 0.2) is 72.8 Å². The average Bonchev–Trinajstić information content (AvgIpc) is 3.14. The SMILES string of the molecule is CC(=O)NC(Cc1ccc2c(c1)C(O)OC2=O)C(=O)NC1CCCCC(Cc2ccc(-c3ccccc3)cc2)C1=O. The van der Waals surface area contributed by atoms with E-state index >= 15 is 0 Å². The molecule has 1 saturated carbocycles. The molecule has 2 aliphatic rings. The fraction of sp³-hybridized carbons (Fsp3) is 0.333. The van der Waals surface area contributed by atoms with Crippen LogP contribution in [0.25, 0.3) is 11.1 Å². The molecule has 3 aromatic carbocycles. The van der Waals surface area contributed by atoms with E-state index in [1.165, 1.54) is 13.0 Å². The summed E-state index contributed by atoms with van der Waals surface area (Å²) in [5.41, 5.74) is 4.57. The normalized spacial score (nSPS) is 20.9. The van der Waals surface area contributed by atoms with Gasteiger partial charge in [-0.15, -0.1) is 0 Å². The number of cyclic esters (lactones) is 1. The molecule has 0 saturated heterocycles. The minimum Gasteiger partial charge on any atom is -0.428 e. The van der Waals surface area contributed by atoms with Crippen LogP contribution in [-0.4, -0.2) is 40.8 Å². The standard InChI is InChI=1S/C33H34N2O6/c1-20(36)34-29(19-22-13-16-26-27(18-22)33(40)41-32(26)39)31(38)35-28-10-6-5-9-25(30(28)37)17-21-11-14-24(15-12-21)23-7-3-2-4-8-23/h2-4,7-8,11-16,18,25,28-29,33,40H,5-6,9-10,17,19H2,1H3,(H,34,36)(H,35,38). The highest BCUT2D eigenvalue weighted by atomic mass is 16.6. The number of fused-ring (bicyclic) bond motifs is 1. The van der Waals surface area contributed by atoms with Crippen LogP contribution in [0.5, 0.6) is 0 Å². The number of carbonyl (C=O) groups is 4. The molecule has 1 aliphatic heterocycles. The summed E-state index contributed by atoms with van der Waals surface area (Å²) in [7, 11) is 0. The molecule has 8 nitrogen and oxygen atoms in total. The molecule has 0 bridgehead atoms. The van der Waals surface area contributed by atoms with Crippen molar-refractivity contribution in [2.45, 2.75) is 63.8 Å². The lowest BCUT2D eigenvalue weighted by atomic mass is 9.89. The molecule has 1 heterocycles. The lowest BCUT2D eigenvalue weighted by Gasteiger charge is -2.24. The molecule has 2 amide bonds. The van der Waals surface area contributed by atoms with E-state index < -0.39 is 30.3 Å². The van der Waals surface area contributed by atoms with Crippen LogP contribution in [0.1, 0.15) is 65.9 Å². The summed E-state index contributed by atoms with van der Waals surface area (Å²) in [5, 5.41) is 15.6. The topological polar surface area (TPSA) is 122 Å². The number of aliphatic hydroxyl groups is 1. The predicted octanol–water partition coefficient (Wildman–Crippen LogP) is 4.05. The summed E-state index contributed by atoms with van der Waals surface area (Å²) in [5.74, 6) is -1.63. The van der Waals surface area contributed by atoms with E-state index in [1.54, 1.807) is 12.1 Å². The second-order valence-corrected chi connectivity index (χ2v) is 10.8. The quantitative estimate of drug-likeness (QED) is 0.285. The molecule has 0 spiro atoms.